The van der Waals surface area contributed by atoms with E-state index in [9.17, 15) is 9.18 Å². The SMILES string of the molecule is O=C(NC[C@@H]1C[C@H](F)CN1Cc1ncccn1)Nc1ccsc1. The van der Waals surface area contributed by atoms with Crippen molar-refractivity contribution in [3.05, 3.63) is 41.1 Å². The fourth-order valence-corrected chi connectivity index (χ4v) is 3.23. The maximum absolute atomic E-state index is 13.7. The van der Waals surface area contributed by atoms with Gasteiger partial charge in [-0.3, -0.25) is 4.90 Å². The molecule has 2 aromatic heterocycles. The highest BCUT2D eigenvalue weighted by molar-refractivity contribution is 7.08. The molecule has 6 nitrogen and oxygen atoms in total. The lowest BCUT2D eigenvalue weighted by Gasteiger charge is -2.23. The Morgan fingerprint density at radius 1 is 1.43 bits per heavy atom. The summed E-state index contributed by atoms with van der Waals surface area (Å²) in [7, 11) is 0. The molecule has 0 radical (unpaired) electrons. The number of nitrogens with one attached hydrogen (secondary N) is 2. The molecule has 0 aliphatic carbocycles. The van der Waals surface area contributed by atoms with Crippen LogP contribution in [0.25, 0.3) is 0 Å². The van der Waals surface area contributed by atoms with Crippen LogP contribution in [0.3, 0.4) is 0 Å². The van der Waals surface area contributed by atoms with E-state index in [2.05, 4.69) is 20.6 Å². The zero-order valence-electron chi connectivity index (χ0n) is 12.5. The third kappa shape index (κ3) is 4.46. The van der Waals surface area contributed by atoms with Crippen LogP contribution in [-0.4, -0.2) is 46.2 Å². The maximum atomic E-state index is 13.7. The third-order valence-corrected chi connectivity index (χ3v) is 4.40. The van der Waals surface area contributed by atoms with Crippen LogP contribution in [0.15, 0.2) is 35.3 Å². The number of carbonyl (C=O) groups excluding carboxylic acids is 1. The summed E-state index contributed by atoms with van der Waals surface area (Å²) >= 11 is 1.51. The van der Waals surface area contributed by atoms with Crippen LogP contribution in [-0.2, 0) is 6.54 Å². The smallest absolute Gasteiger partial charge is 0.319 e. The van der Waals surface area contributed by atoms with Crippen LogP contribution in [0.1, 0.15) is 12.2 Å². The van der Waals surface area contributed by atoms with Gasteiger partial charge in [-0.15, -0.1) is 0 Å². The second kappa shape index (κ2) is 7.47. The minimum atomic E-state index is -0.884. The number of thiophene rings is 1. The van der Waals surface area contributed by atoms with Crippen molar-refractivity contribution >= 4 is 23.1 Å². The molecule has 1 saturated heterocycles. The van der Waals surface area contributed by atoms with Crippen LogP contribution in [0.5, 0.6) is 0 Å². The number of urea groups is 1. The summed E-state index contributed by atoms with van der Waals surface area (Å²) in [5.41, 5.74) is 0.761. The predicted octanol–water partition coefficient (Wildman–Crippen LogP) is 2.27. The zero-order valence-corrected chi connectivity index (χ0v) is 13.3. The van der Waals surface area contributed by atoms with Crippen LogP contribution in [0.4, 0.5) is 14.9 Å². The van der Waals surface area contributed by atoms with E-state index in [1.165, 1.54) is 11.3 Å². The summed E-state index contributed by atoms with van der Waals surface area (Å²) in [4.78, 5) is 22.2. The topological polar surface area (TPSA) is 70.2 Å². The summed E-state index contributed by atoms with van der Waals surface area (Å²) in [5.74, 6) is 0.661. The van der Waals surface area contributed by atoms with Gasteiger partial charge in [0.15, 0.2) is 0 Å². The molecule has 0 saturated carbocycles. The maximum Gasteiger partial charge on any atom is 0.319 e. The van der Waals surface area contributed by atoms with Crippen molar-refractivity contribution in [2.24, 2.45) is 0 Å². The molecule has 3 heterocycles. The molecule has 2 atom stereocenters. The summed E-state index contributed by atoms with van der Waals surface area (Å²) in [5, 5.41) is 9.29. The van der Waals surface area contributed by atoms with E-state index in [1.54, 1.807) is 18.5 Å². The number of anilines is 1. The van der Waals surface area contributed by atoms with Gasteiger partial charge < -0.3 is 10.6 Å². The minimum absolute atomic E-state index is 0.0537. The highest BCUT2D eigenvalue weighted by Gasteiger charge is 2.32. The van der Waals surface area contributed by atoms with Crippen LogP contribution < -0.4 is 10.6 Å². The van der Waals surface area contributed by atoms with Crippen LogP contribution in [0, 0.1) is 0 Å². The molecule has 1 aliphatic heterocycles. The second-order valence-corrected chi connectivity index (χ2v) is 6.21. The van der Waals surface area contributed by atoms with Crippen molar-refractivity contribution in [1.82, 2.24) is 20.2 Å². The molecule has 23 heavy (non-hydrogen) atoms. The van der Waals surface area contributed by atoms with E-state index in [0.717, 1.165) is 5.69 Å². The first-order valence-corrected chi connectivity index (χ1v) is 8.36. The molecule has 0 spiro atoms. The Balaban J connectivity index is 1.52. The largest absolute Gasteiger partial charge is 0.336 e. The van der Waals surface area contributed by atoms with Crippen molar-refractivity contribution in [3.63, 3.8) is 0 Å². The Labute approximate surface area is 137 Å². The van der Waals surface area contributed by atoms with Gasteiger partial charge in [0.05, 0.1) is 12.2 Å². The Morgan fingerprint density at radius 2 is 2.26 bits per heavy atom. The molecule has 3 rings (SSSR count). The monoisotopic (exact) mass is 335 g/mol. The molecular weight excluding hydrogens is 317 g/mol. The van der Waals surface area contributed by atoms with Gasteiger partial charge in [0.25, 0.3) is 0 Å². The summed E-state index contributed by atoms with van der Waals surface area (Å²) < 4.78 is 13.7. The molecule has 1 fully saturated rings. The number of amides is 2. The average molecular weight is 335 g/mol. The fraction of sp³-hybridized carbons (Fsp3) is 0.400. The number of hydrogen-bond acceptors (Lipinski definition) is 5. The Kier molecular flexibility index (Phi) is 5.14. The van der Waals surface area contributed by atoms with Gasteiger partial charge in [-0.2, -0.15) is 11.3 Å². The first-order valence-electron chi connectivity index (χ1n) is 7.42. The van der Waals surface area contributed by atoms with E-state index in [0.29, 0.717) is 31.9 Å². The number of alkyl halides is 1. The third-order valence-electron chi connectivity index (χ3n) is 3.72. The number of rotatable bonds is 5. The minimum Gasteiger partial charge on any atom is -0.336 e. The molecular formula is C15H18FN5OS. The zero-order chi connectivity index (χ0) is 16.1. The lowest BCUT2D eigenvalue weighted by Crippen LogP contribution is -2.41. The Bertz CT molecular complexity index is 624. The second-order valence-electron chi connectivity index (χ2n) is 5.43. The normalized spacial score (nSPS) is 21.3. The molecule has 122 valence electrons. The van der Waals surface area contributed by atoms with E-state index >= 15 is 0 Å². The summed E-state index contributed by atoms with van der Waals surface area (Å²) in [6.07, 6.45) is 2.87. The molecule has 2 aromatic rings. The molecule has 8 heteroatoms. The first-order chi connectivity index (χ1) is 11.2. The standard InChI is InChI=1S/C15H18FN5OS/c16-11-6-13(7-19-15(22)20-12-2-5-23-10-12)21(8-11)9-14-17-3-1-4-18-14/h1-5,10-11,13H,6-9H2,(H2,19,20,22)/t11-,13-/m0/s1. The van der Waals surface area contributed by atoms with E-state index in [4.69, 9.17) is 0 Å². The predicted molar refractivity (Wildman–Crippen MR) is 87.1 cm³/mol. The van der Waals surface area contributed by atoms with Gasteiger partial charge in [-0.25, -0.2) is 19.2 Å². The highest BCUT2D eigenvalue weighted by Crippen LogP contribution is 2.21. The first kappa shape index (κ1) is 15.8. The number of nitrogens with zero attached hydrogens (tertiary/aromatic N) is 3. The van der Waals surface area contributed by atoms with Crippen molar-refractivity contribution in [1.29, 1.82) is 0 Å². The van der Waals surface area contributed by atoms with Gasteiger partial charge in [0.1, 0.15) is 12.0 Å². The molecule has 0 aromatic carbocycles. The fourth-order valence-electron chi connectivity index (χ4n) is 2.64. The Morgan fingerprint density at radius 3 is 3.00 bits per heavy atom. The average Bonchev–Trinajstić information content (AvgIpc) is 3.16. The van der Waals surface area contributed by atoms with Crippen molar-refractivity contribution in [3.8, 4) is 0 Å². The van der Waals surface area contributed by atoms with Crippen molar-refractivity contribution < 1.29 is 9.18 Å². The summed E-state index contributed by atoms with van der Waals surface area (Å²) in [6, 6.07) is 3.25. The number of halogens is 1. The van der Waals surface area contributed by atoms with E-state index < -0.39 is 6.17 Å². The van der Waals surface area contributed by atoms with Gasteiger partial charge in [-0.1, -0.05) is 0 Å². The number of aromatic nitrogens is 2. The van der Waals surface area contributed by atoms with Gasteiger partial charge in [0.2, 0.25) is 0 Å². The number of carbonyl (C=O) groups is 1. The van der Waals surface area contributed by atoms with E-state index in [-0.39, 0.29) is 12.1 Å². The van der Waals surface area contributed by atoms with Gasteiger partial charge >= 0.3 is 6.03 Å². The number of likely N-dealkylation sites (tertiary alicyclic amines) is 1. The van der Waals surface area contributed by atoms with Gasteiger partial charge in [-0.05, 0) is 23.9 Å². The molecule has 2 amide bonds. The van der Waals surface area contributed by atoms with Crippen molar-refractivity contribution in [2.45, 2.75) is 25.2 Å². The van der Waals surface area contributed by atoms with Crippen LogP contribution >= 0.6 is 11.3 Å². The lowest BCUT2D eigenvalue weighted by atomic mass is 10.2. The quantitative estimate of drug-likeness (QED) is 0.879. The van der Waals surface area contributed by atoms with Gasteiger partial charge in [0, 0.05) is 36.9 Å². The molecule has 1 aliphatic rings. The lowest BCUT2D eigenvalue weighted by molar-refractivity contribution is 0.220. The molecule has 0 bridgehead atoms. The van der Waals surface area contributed by atoms with E-state index in [1.807, 2.05) is 21.7 Å². The van der Waals surface area contributed by atoms with Crippen molar-refractivity contribution in [2.75, 3.05) is 18.4 Å². The molecule has 0 unspecified atom stereocenters. The highest BCUT2D eigenvalue weighted by atomic mass is 32.1. The summed E-state index contributed by atoms with van der Waals surface area (Å²) in [6.45, 7) is 1.22. The number of hydrogen-bond donors (Lipinski definition) is 2. The molecule has 2 N–H and O–H groups in total. The van der Waals surface area contributed by atoms with Crippen LogP contribution in [0.2, 0.25) is 0 Å². The Hall–Kier alpha value is -2.06.